The molecule has 1 unspecified atom stereocenters. The average molecular weight is 216 g/mol. The number of hydrogen-bond donors (Lipinski definition) is 1. The first-order valence-corrected chi connectivity index (χ1v) is 5.40. The molecule has 3 nitrogen and oxygen atoms in total. The molecule has 0 spiro atoms. The van der Waals surface area contributed by atoms with Crippen molar-refractivity contribution in [1.29, 1.82) is 0 Å². The number of anilines is 1. The standard InChI is InChI=1S/C13H16N2O/c1-9-6-8-16-12(9)11(3)15-13-10(2)5-4-7-14-13/h4-8,11H,1-3H3,(H,14,15). The molecule has 0 bridgehead atoms. The Kier molecular flexibility index (Phi) is 2.95. The summed E-state index contributed by atoms with van der Waals surface area (Å²) in [5, 5.41) is 3.35. The zero-order valence-electron chi connectivity index (χ0n) is 9.82. The van der Waals surface area contributed by atoms with Gasteiger partial charge in [0.2, 0.25) is 0 Å². The SMILES string of the molecule is Cc1cccnc1NC(C)c1occc1C. The van der Waals surface area contributed by atoms with Gasteiger partial charge in [0, 0.05) is 6.20 Å². The smallest absolute Gasteiger partial charge is 0.129 e. The quantitative estimate of drug-likeness (QED) is 0.853. The molecule has 2 aromatic heterocycles. The predicted octanol–water partition coefficient (Wildman–Crippen LogP) is 3.46. The second-order valence-corrected chi connectivity index (χ2v) is 4.00. The first-order valence-electron chi connectivity index (χ1n) is 5.40. The highest BCUT2D eigenvalue weighted by Gasteiger charge is 2.12. The van der Waals surface area contributed by atoms with Gasteiger partial charge in [0.25, 0.3) is 0 Å². The van der Waals surface area contributed by atoms with E-state index in [4.69, 9.17) is 4.42 Å². The van der Waals surface area contributed by atoms with Crippen molar-refractivity contribution in [2.75, 3.05) is 5.32 Å². The van der Waals surface area contributed by atoms with E-state index in [0.717, 1.165) is 22.7 Å². The van der Waals surface area contributed by atoms with Crippen LogP contribution in [0.5, 0.6) is 0 Å². The molecular formula is C13H16N2O. The number of hydrogen-bond acceptors (Lipinski definition) is 3. The highest BCUT2D eigenvalue weighted by molar-refractivity contribution is 5.44. The maximum absolute atomic E-state index is 5.45. The molecule has 16 heavy (non-hydrogen) atoms. The molecule has 0 aliphatic carbocycles. The maximum Gasteiger partial charge on any atom is 0.129 e. The number of nitrogens with one attached hydrogen (secondary N) is 1. The molecule has 2 aromatic rings. The number of nitrogens with zero attached hydrogens (tertiary/aromatic N) is 1. The highest BCUT2D eigenvalue weighted by atomic mass is 16.3. The molecule has 0 aromatic carbocycles. The molecule has 0 saturated heterocycles. The van der Waals surface area contributed by atoms with Crippen molar-refractivity contribution in [3.05, 3.63) is 47.5 Å². The number of pyridine rings is 1. The number of furan rings is 1. The van der Waals surface area contributed by atoms with Gasteiger partial charge in [-0.1, -0.05) is 6.07 Å². The van der Waals surface area contributed by atoms with Crippen molar-refractivity contribution in [3.63, 3.8) is 0 Å². The van der Waals surface area contributed by atoms with Crippen LogP contribution < -0.4 is 5.32 Å². The molecule has 0 aliphatic rings. The molecule has 1 atom stereocenters. The van der Waals surface area contributed by atoms with E-state index < -0.39 is 0 Å². The van der Waals surface area contributed by atoms with Gasteiger partial charge in [0.05, 0.1) is 12.3 Å². The molecule has 0 saturated carbocycles. The van der Waals surface area contributed by atoms with E-state index in [-0.39, 0.29) is 6.04 Å². The third-order valence-corrected chi connectivity index (χ3v) is 2.66. The zero-order chi connectivity index (χ0) is 11.5. The Labute approximate surface area is 95.5 Å². The molecular weight excluding hydrogens is 200 g/mol. The molecule has 0 aliphatic heterocycles. The second kappa shape index (κ2) is 4.39. The van der Waals surface area contributed by atoms with Crippen LogP contribution in [0.25, 0.3) is 0 Å². The van der Waals surface area contributed by atoms with E-state index >= 15 is 0 Å². The molecule has 1 N–H and O–H groups in total. The average Bonchev–Trinajstić information content (AvgIpc) is 2.68. The van der Waals surface area contributed by atoms with Crippen LogP contribution in [0.15, 0.2) is 35.1 Å². The van der Waals surface area contributed by atoms with Gasteiger partial charge >= 0.3 is 0 Å². The Morgan fingerprint density at radius 1 is 1.25 bits per heavy atom. The van der Waals surface area contributed by atoms with Gasteiger partial charge in [-0.2, -0.15) is 0 Å². The summed E-state index contributed by atoms with van der Waals surface area (Å²) in [4.78, 5) is 4.31. The number of aryl methyl sites for hydroxylation is 2. The third-order valence-electron chi connectivity index (χ3n) is 2.66. The van der Waals surface area contributed by atoms with Crippen LogP contribution in [-0.4, -0.2) is 4.98 Å². The lowest BCUT2D eigenvalue weighted by Crippen LogP contribution is -2.09. The minimum Gasteiger partial charge on any atom is -0.467 e. The normalized spacial score (nSPS) is 12.4. The van der Waals surface area contributed by atoms with Gasteiger partial charge in [0.15, 0.2) is 0 Å². The predicted molar refractivity (Wildman–Crippen MR) is 64.5 cm³/mol. The maximum atomic E-state index is 5.45. The first-order chi connectivity index (χ1) is 7.68. The van der Waals surface area contributed by atoms with Gasteiger partial charge in [-0.25, -0.2) is 4.98 Å². The van der Waals surface area contributed by atoms with E-state index in [2.05, 4.69) is 17.2 Å². The molecule has 0 amide bonds. The van der Waals surface area contributed by atoms with Gasteiger partial charge in [0.1, 0.15) is 11.6 Å². The third kappa shape index (κ3) is 2.08. The van der Waals surface area contributed by atoms with Crippen molar-refractivity contribution in [3.8, 4) is 0 Å². The molecule has 0 fully saturated rings. The van der Waals surface area contributed by atoms with Crippen LogP contribution in [0.2, 0.25) is 0 Å². The summed E-state index contributed by atoms with van der Waals surface area (Å²) in [5.41, 5.74) is 2.30. The van der Waals surface area contributed by atoms with Crippen molar-refractivity contribution in [2.45, 2.75) is 26.8 Å². The highest BCUT2D eigenvalue weighted by Crippen LogP contribution is 2.23. The van der Waals surface area contributed by atoms with E-state index in [1.165, 1.54) is 0 Å². The molecule has 2 rings (SSSR count). The monoisotopic (exact) mass is 216 g/mol. The Bertz CT molecular complexity index is 476. The van der Waals surface area contributed by atoms with E-state index in [0.29, 0.717) is 0 Å². The fourth-order valence-corrected chi connectivity index (χ4v) is 1.74. The topological polar surface area (TPSA) is 38.1 Å². The molecule has 3 heteroatoms. The summed E-state index contributed by atoms with van der Waals surface area (Å²) < 4.78 is 5.45. The van der Waals surface area contributed by atoms with Crippen LogP contribution in [0.1, 0.15) is 29.9 Å². The minimum atomic E-state index is 0.128. The Balaban J connectivity index is 2.17. The van der Waals surface area contributed by atoms with Gasteiger partial charge in [-0.3, -0.25) is 0 Å². The molecule has 0 radical (unpaired) electrons. The Morgan fingerprint density at radius 2 is 2.06 bits per heavy atom. The Hall–Kier alpha value is -1.77. The van der Waals surface area contributed by atoms with Gasteiger partial charge in [-0.15, -0.1) is 0 Å². The lowest BCUT2D eigenvalue weighted by Gasteiger charge is -2.14. The summed E-state index contributed by atoms with van der Waals surface area (Å²) >= 11 is 0. The summed E-state index contributed by atoms with van der Waals surface area (Å²) in [5.74, 6) is 1.87. The summed E-state index contributed by atoms with van der Waals surface area (Å²) in [7, 11) is 0. The fourth-order valence-electron chi connectivity index (χ4n) is 1.74. The Morgan fingerprint density at radius 3 is 2.69 bits per heavy atom. The molecule has 84 valence electrons. The van der Waals surface area contributed by atoms with E-state index in [9.17, 15) is 0 Å². The van der Waals surface area contributed by atoms with Crippen LogP contribution in [0, 0.1) is 13.8 Å². The van der Waals surface area contributed by atoms with E-state index in [1.54, 1.807) is 12.5 Å². The van der Waals surface area contributed by atoms with E-state index in [1.807, 2.05) is 32.0 Å². The van der Waals surface area contributed by atoms with Crippen LogP contribution in [0.4, 0.5) is 5.82 Å². The summed E-state index contributed by atoms with van der Waals surface area (Å²) in [6.07, 6.45) is 3.51. The van der Waals surface area contributed by atoms with Crippen molar-refractivity contribution in [1.82, 2.24) is 4.98 Å². The van der Waals surface area contributed by atoms with Crippen LogP contribution in [0.3, 0.4) is 0 Å². The lowest BCUT2D eigenvalue weighted by molar-refractivity contribution is 0.487. The second-order valence-electron chi connectivity index (χ2n) is 4.00. The zero-order valence-corrected chi connectivity index (χ0v) is 9.82. The van der Waals surface area contributed by atoms with Crippen LogP contribution >= 0.6 is 0 Å². The lowest BCUT2D eigenvalue weighted by atomic mass is 10.1. The fraction of sp³-hybridized carbons (Fsp3) is 0.308. The van der Waals surface area contributed by atoms with Crippen LogP contribution in [-0.2, 0) is 0 Å². The summed E-state index contributed by atoms with van der Waals surface area (Å²) in [6.45, 7) is 6.15. The first kappa shape index (κ1) is 10.7. The largest absolute Gasteiger partial charge is 0.467 e. The van der Waals surface area contributed by atoms with Crippen molar-refractivity contribution in [2.24, 2.45) is 0 Å². The number of aromatic nitrogens is 1. The summed E-state index contributed by atoms with van der Waals surface area (Å²) in [6, 6.07) is 6.07. The number of rotatable bonds is 3. The van der Waals surface area contributed by atoms with Crippen molar-refractivity contribution >= 4 is 5.82 Å². The minimum absolute atomic E-state index is 0.128. The van der Waals surface area contributed by atoms with Crippen molar-refractivity contribution < 1.29 is 4.42 Å². The van der Waals surface area contributed by atoms with Gasteiger partial charge < -0.3 is 9.73 Å². The van der Waals surface area contributed by atoms with Gasteiger partial charge in [-0.05, 0) is 44.0 Å². The molecule has 2 heterocycles.